The van der Waals surface area contributed by atoms with E-state index in [0.29, 0.717) is 6.42 Å². The Morgan fingerprint density at radius 2 is 2.07 bits per heavy atom. The molecule has 78 valence electrons. The van der Waals surface area contributed by atoms with Crippen molar-refractivity contribution in [1.82, 2.24) is 0 Å². The smallest absolute Gasteiger partial charge is 0.309 e. The number of fused-ring (bicyclic) bond motifs is 3. The fourth-order valence-electron chi connectivity index (χ4n) is 2.22. The topological polar surface area (TPSA) is 54.0 Å². The van der Waals surface area contributed by atoms with Gasteiger partial charge < -0.3 is 18.9 Å². The second kappa shape index (κ2) is 2.48. The van der Waals surface area contributed by atoms with E-state index in [2.05, 4.69) is 0 Å². The van der Waals surface area contributed by atoms with Crippen LogP contribution in [-0.4, -0.2) is 36.4 Å². The van der Waals surface area contributed by atoms with E-state index in [-0.39, 0.29) is 30.6 Å². The van der Waals surface area contributed by atoms with Crippen molar-refractivity contribution in [2.45, 2.75) is 50.7 Å². The van der Waals surface area contributed by atoms with Gasteiger partial charge in [0.2, 0.25) is 0 Å². The second-order valence-corrected chi connectivity index (χ2v) is 4.30. The molecule has 1 unspecified atom stereocenters. The molecule has 3 saturated heterocycles. The third kappa shape index (κ3) is 1.09. The first-order valence-electron chi connectivity index (χ1n) is 4.76. The normalized spacial score (nSPS) is 48.9. The lowest BCUT2D eigenvalue weighted by atomic mass is 10.1. The number of carbonyl (C=O) groups is 1. The van der Waals surface area contributed by atoms with Crippen LogP contribution in [0.1, 0.15) is 20.3 Å². The van der Waals surface area contributed by atoms with Crippen molar-refractivity contribution < 1.29 is 23.7 Å². The van der Waals surface area contributed by atoms with Gasteiger partial charge in [0, 0.05) is 0 Å². The van der Waals surface area contributed by atoms with Crippen molar-refractivity contribution in [2.75, 3.05) is 0 Å². The third-order valence-electron chi connectivity index (χ3n) is 2.72. The summed E-state index contributed by atoms with van der Waals surface area (Å²) >= 11 is 0. The summed E-state index contributed by atoms with van der Waals surface area (Å²) in [5.41, 5.74) is 0. The fourth-order valence-corrected chi connectivity index (χ4v) is 2.22. The van der Waals surface area contributed by atoms with Crippen LogP contribution >= 0.6 is 0 Å². The molecule has 0 aliphatic carbocycles. The Morgan fingerprint density at radius 3 is 2.86 bits per heavy atom. The molecule has 0 aromatic rings. The molecule has 0 bridgehead atoms. The van der Waals surface area contributed by atoms with Crippen molar-refractivity contribution >= 4 is 5.97 Å². The van der Waals surface area contributed by atoms with Crippen molar-refractivity contribution in [1.29, 1.82) is 0 Å². The first kappa shape index (κ1) is 8.64. The van der Waals surface area contributed by atoms with Crippen LogP contribution in [-0.2, 0) is 23.7 Å². The van der Waals surface area contributed by atoms with Gasteiger partial charge in [0.1, 0.15) is 6.10 Å². The van der Waals surface area contributed by atoms with Crippen molar-refractivity contribution in [3.63, 3.8) is 0 Å². The van der Waals surface area contributed by atoms with E-state index < -0.39 is 5.79 Å². The summed E-state index contributed by atoms with van der Waals surface area (Å²) in [4.78, 5) is 11.0. The average molecular weight is 200 g/mol. The van der Waals surface area contributed by atoms with Gasteiger partial charge in [-0.05, 0) is 13.8 Å². The van der Waals surface area contributed by atoms with Crippen molar-refractivity contribution in [3.05, 3.63) is 0 Å². The Bertz CT molecular complexity index is 287. The van der Waals surface area contributed by atoms with Crippen molar-refractivity contribution in [3.8, 4) is 0 Å². The lowest BCUT2D eigenvalue weighted by Gasteiger charge is -2.20. The molecule has 4 atom stereocenters. The highest BCUT2D eigenvalue weighted by Gasteiger charge is 2.59. The van der Waals surface area contributed by atoms with Gasteiger partial charge >= 0.3 is 5.97 Å². The SMILES string of the molecule is CC1(C)O[C@H]2OC3CC(=O)O[C@@H]3[C@H]2O1. The van der Waals surface area contributed by atoms with Gasteiger partial charge in [0.25, 0.3) is 0 Å². The second-order valence-electron chi connectivity index (χ2n) is 4.30. The van der Waals surface area contributed by atoms with E-state index >= 15 is 0 Å². The average Bonchev–Trinajstić information content (AvgIpc) is 2.58. The molecule has 5 heteroatoms. The first-order valence-corrected chi connectivity index (χ1v) is 4.76. The van der Waals surface area contributed by atoms with Crippen LogP contribution in [0.25, 0.3) is 0 Å². The van der Waals surface area contributed by atoms with E-state index in [0.717, 1.165) is 0 Å². The minimum Gasteiger partial charge on any atom is -0.456 e. The van der Waals surface area contributed by atoms with Gasteiger partial charge in [-0.25, -0.2) is 0 Å². The molecular formula is C9H12O5. The summed E-state index contributed by atoms with van der Waals surface area (Å²) in [6.07, 6.45) is -0.803. The number of carbonyl (C=O) groups excluding carboxylic acids is 1. The molecule has 0 N–H and O–H groups in total. The molecule has 3 fully saturated rings. The zero-order chi connectivity index (χ0) is 9.92. The molecule has 14 heavy (non-hydrogen) atoms. The standard InChI is InChI=1S/C9H12O5/c1-9(2)13-7-6-4(3-5(10)12-6)11-8(7)14-9/h4,6-8H,3H2,1-2H3/t4?,6-,7+,8+/m0/s1. The number of ether oxygens (including phenoxy) is 4. The monoisotopic (exact) mass is 200 g/mol. The first-order chi connectivity index (χ1) is 6.55. The molecule has 3 heterocycles. The van der Waals surface area contributed by atoms with E-state index in [1.807, 2.05) is 13.8 Å². The largest absolute Gasteiger partial charge is 0.456 e. The Kier molecular flexibility index (Phi) is 1.53. The zero-order valence-corrected chi connectivity index (χ0v) is 8.06. The Balaban J connectivity index is 1.81. The molecule has 0 aromatic heterocycles. The van der Waals surface area contributed by atoms with E-state index in [4.69, 9.17) is 18.9 Å². The quantitative estimate of drug-likeness (QED) is 0.522. The van der Waals surface area contributed by atoms with Crippen LogP contribution in [0.4, 0.5) is 0 Å². The fraction of sp³-hybridized carbons (Fsp3) is 0.889. The van der Waals surface area contributed by atoms with Crippen LogP contribution in [0.15, 0.2) is 0 Å². The summed E-state index contributed by atoms with van der Waals surface area (Å²) in [6.45, 7) is 3.64. The number of hydrogen-bond acceptors (Lipinski definition) is 5. The highest BCUT2D eigenvalue weighted by molar-refractivity contribution is 5.73. The molecule has 3 aliphatic rings. The zero-order valence-electron chi connectivity index (χ0n) is 8.06. The van der Waals surface area contributed by atoms with Crippen LogP contribution < -0.4 is 0 Å². The van der Waals surface area contributed by atoms with Crippen LogP contribution in [0.2, 0.25) is 0 Å². The molecule has 5 nitrogen and oxygen atoms in total. The summed E-state index contributed by atoms with van der Waals surface area (Å²) < 4.78 is 21.8. The Hall–Kier alpha value is -0.650. The Labute approximate surface area is 81.3 Å². The van der Waals surface area contributed by atoms with Crippen molar-refractivity contribution in [2.24, 2.45) is 0 Å². The van der Waals surface area contributed by atoms with Crippen LogP contribution in [0, 0.1) is 0 Å². The maximum Gasteiger partial charge on any atom is 0.309 e. The number of hydrogen-bond donors (Lipinski definition) is 0. The minimum absolute atomic E-state index is 0.186. The van der Waals surface area contributed by atoms with Gasteiger partial charge in [-0.1, -0.05) is 0 Å². The molecule has 3 aliphatic heterocycles. The van der Waals surface area contributed by atoms with Gasteiger partial charge in [-0.3, -0.25) is 4.79 Å². The lowest BCUT2D eigenvalue weighted by molar-refractivity contribution is -0.209. The maximum atomic E-state index is 11.0. The molecule has 3 rings (SSSR count). The maximum absolute atomic E-state index is 11.0. The molecule has 0 saturated carbocycles. The van der Waals surface area contributed by atoms with Crippen LogP contribution in [0.3, 0.4) is 0 Å². The van der Waals surface area contributed by atoms with E-state index in [1.165, 1.54) is 0 Å². The van der Waals surface area contributed by atoms with Gasteiger partial charge in [0.15, 0.2) is 24.3 Å². The summed E-state index contributed by atoms with van der Waals surface area (Å²) in [5, 5.41) is 0. The van der Waals surface area contributed by atoms with Gasteiger partial charge in [-0.2, -0.15) is 0 Å². The predicted octanol–water partition coefficient (Wildman–Crippen LogP) is 0.178. The minimum atomic E-state index is -0.644. The molecular weight excluding hydrogens is 188 g/mol. The van der Waals surface area contributed by atoms with Gasteiger partial charge in [-0.15, -0.1) is 0 Å². The number of rotatable bonds is 0. The van der Waals surface area contributed by atoms with E-state index in [1.54, 1.807) is 0 Å². The van der Waals surface area contributed by atoms with E-state index in [9.17, 15) is 4.79 Å². The summed E-state index contributed by atoms with van der Waals surface area (Å²) in [6, 6.07) is 0. The predicted molar refractivity (Wildman–Crippen MR) is 43.2 cm³/mol. The highest BCUT2D eigenvalue weighted by Crippen LogP contribution is 2.41. The van der Waals surface area contributed by atoms with Crippen LogP contribution in [0.5, 0.6) is 0 Å². The molecule has 0 amide bonds. The molecule has 0 aromatic carbocycles. The third-order valence-corrected chi connectivity index (χ3v) is 2.72. The highest BCUT2D eigenvalue weighted by atomic mass is 16.8. The molecule has 0 radical (unpaired) electrons. The molecule has 0 spiro atoms. The summed E-state index contributed by atoms with van der Waals surface area (Å²) in [7, 11) is 0. The number of esters is 1. The Morgan fingerprint density at radius 1 is 1.29 bits per heavy atom. The lowest BCUT2D eigenvalue weighted by Crippen LogP contribution is -2.32. The van der Waals surface area contributed by atoms with Gasteiger partial charge in [0.05, 0.1) is 6.42 Å². The summed E-state index contributed by atoms with van der Waals surface area (Å²) in [5.74, 6) is -0.860.